The van der Waals surface area contributed by atoms with Crippen LogP contribution in [0.4, 0.5) is 5.82 Å². The summed E-state index contributed by atoms with van der Waals surface area (Å²) in [6.07, 6.45) is 11.1. The zero-order valence-electron chi connectivity index (χ0n) is 19.4. The van der Waals surface area contributed by atoms with Crippen LogP contribution in [-0.2, 0) is 4.79 Å². The number of halogens is 1. The summed E-state index contributed by atoms with van der Waals surface area (Å²) in [6.45, 7) is 2.27. The molecule has 3 aliphatic carbocycles. The first-order chi connectivity index (χ1) is 16.0. The highest BCUT2D eigenvalue weighted by Gasteiger charge is 2.42. The van der Waals surface area contributed by atoms with E-state index in [1.807, 2.05) is 24.3 Å². The van der Waals surface area contributed by atoms with Gasteiger partial charge in [-0.15, -0.1) is 0 Å². The van der Waals surface area contributed by atoms with Crippen LogP contribution in [-0.4, -0.2) is 28.2 Å². The molecule has 178 valence electrons. The number of nitrogens with zero attached hydrogens (tertiary/aromatic N) is 1. The Morgan fingerprint density at radius 1 is 1.09 bits per heavy atom. The van der Waals surface area contributed by atoms with E-state index in [0.29, 0.717) is 22.9 Å². The smallest absolute Gasteiger partial charge is 0.306 e. The van der Waals surface area contributed by atoms with Gasteiger partial charge >= 0.3 is 5.97 Å². The Labute approximate surface area is 201 Å². The Kier molecular flexibility index (Phi) is 6.69. The SMILES string of the molecule is CCC1CCC(Oc2ccc3nc(NC4C5CCCC4CC(C(=O)O)C5)ccc3c2Cl)CC1. The number of pyridine rings is 1. The Balaban J connectivity index is 1.29. The predicted molar refractivity (Wildman–Crippen MR) is 132 cm³/mol. The molecule has 0 radical (unpaired) electrons. The molecule has 2 aromatic rings. The minimum Gasteiger partial charge on any atom is -0.489 e. The summed E-state index contributed by atoms with van der Waals surface area (Å²) in [4.78, 5) is 16.4. The monoisotopic (exact) mass is 470 g/mol. The summed E-state index contributed by atoms with van der Waals surface area (Å²) in [5.74, 6) is 2.41. The fraction of sp³-hybridized carbons (Fsp3) is 0.630. The number of ether oxygens (including phenoxy) is 1. The summed E-state index contributed by atoms with van der Waals surface area (Å²) < 4.78 is 6.30. The summed E-state index contributed by atoms with van der Waals surface area (Å²) in [6, 6.07) is 8.30. The van der Waals surface area contributed by atoms with Crippen molar-refractivity contribution in [3.8, 4) is 5.75 Å². The number of rotatable bonds is 6. The van der Waals surface area contributed by atoms with Crippen molar-refractivity contribution in [3.05, 3.63) is 29.3 Å². The number of aromatic nitrogens is 1. The van der Waals surface area contributed by atoms with Crippen molar-refractivity contribution in [2.45, 2.75) is 83.3 Å². The molecule has 2 unspecified atom stereocenters. The normalized spacial score (nSPS) is 31.8. The molecule has 1 aromatic carbocycles. The van der Waals surface area contributed by atoms with Crippen LogP contribution in [0.3, 0.4) is 0 Å². The molecule has 0 saturated heterocycles. The van der Waals surface area contributed by atoms with Gasteiger partial charge in [0.1, 0.15) is 11.6 Å². The molecule has 0 amide bonds. The molecule has 6 heteroatoms. The number of fused-ring (bicyclic) bond motifs is 3. The van der Waals surface area contributed by atoms with Crippen molar-refractivity contribution in [1.29, 1.82) is 0 Å². The minimum atomic E-state index is -0.639. The predicted octanol–water partition coefficient (Wildman–Crippen LogP) is 6.93. The minimum absolute atomic E-state index is 0.197. The molecule has 2 N–H and O–H groups in total. The van der Waals surface area contributed by atoms with Crippen LogP contribution in [0, 0.1) is 23.7 Å². The Morgan fingerprint density at radius 3 is 2.48 bits per heavy atom. The second-order valence-electron chi connectivity index (χ2n) is 10.4. The van der Waals surface area contributed by atoms with Gasteiger partial charge in [-0.2, -0.15) is 0 Å². The Morgan fingerprint density at radius 2 is 1.82 bits per heavy atom. The lowest BCUT2D eigenvalue weighted by atomic mass is 9.64. The molecule has 0 aliphatic heterocycles. The number of benzene rings is 1. The molecule has 2 atom stereocenters. The molecule has 1 aromatic heterocycles. The topological polar surface area (TPSA) is 71.5 Å². The lowest BCUT2D eigenvalue weighted by Crippen LogP contribution is -2.46. The summed E-state index contributed by atoms with van der Waals surface area (Å²) in [7, 11) is 0. The van der Waals surface area contributed by atoms with Crippen LogP contribution >= 0.6 is 11.6 Å². The molecular formula is C27H35ClN2O3. The highest BCUT2D eigenvalue weighted by atomic mass is 35.5. The van der Waals surface area contributed by atoms with E-state index in [1.54, 1.807) is 0 Å². The third-order valence-electron chi connectivity index (χ3n) is 8.44. The third-order valence-corrected chi connectivity index (χ3v) is 8.83. The molecule has 33 heavy (non-hydrogen) atoms. The average Bonchev–Trinajstić information content (AvgIpc) is 2.81. The van der Waals surface area contributed by atoms with Gasteiger partial charge in [-0.05, 0) is 93.4 Å². The molecule has 0 spiro atoms. The number of anilines is 1. The van der Waals surface area contributed by atoms with E-state index in [0.717, 1.165) is 66.9 Å². The van der Waals surface area contributed by atoms with Crippen molar-refractivity contribution < 1.29 is 14.6 Å². The average molecular weight is 471 g/mol. The molecule has 5 rings (SSSR count). The standard InChI is InChI=1S/C27H35ClN2O3/c1-2-16-6-8-20(9-7-16)33-23-12-11-22-21(25(23)28)10-13-24(29-22)30-26-17-4-3-5-18(26)15-19(14-17)27(31)32/h10-13,16-20,26H,2-9,14-15H2,1H3,(H,29,30)(H,31,32). The zero-order valence-corrected chi connectivity index (χ0v) is 20.2. The molecule has 3 fully saturated rings. The fourth-order valence-electron chi connectivity index (χ4n) is 6.51. The maximum atomic E-state index is 11.6. The zero-order chi connectivity index (χ0) is 22.9. The van der Waals surface area contributed by atoms with Crippen molar-refractivity contribution >= 4 is 34.3 Å². The highest BCUT2D eigenvalue weighted by molar-refractivity contribution is 6.36. The number of aliphatic carboxylic acids is 1. The number of nitrogens with one attached hydrogen (secondary N) is 1. The van der Waals surface area contributed by atoms with Gasteiger partial charge in [-0.25, -0.2) is 4.98 Å². The lowest BCUT2D eigenvalue weighted by Gasteiger charge is -2.45. The van der Waals surface area contributed by atoms with Gasteiger partial charge in [0, 0.05) is 11.4 Å². The number of carboxylic acids is 1. The maximum absolute atomic E-state index is 11.6. The summed E-state index contributed by atoms with van der Waals surface area (Å²) in [5.41, 5.74) is 0.858. The van der Waals surface area contributed by atoms with Gasteiger partial charge in [-0.3, -0.25) is 4.79 Å². The Bertz CT molecular complexity index is 990. The van der Waals surface area contributed by atoms with Crippen LogP contribution in [0.15, 0.2) is 24.3 Å². The number of hydrogen-bond donors (Lipinski definition) is 2. The van der Waals surface area contributed by atoms with Crippen molar-refractivity contribution in [1.82, 2.24) is 4.98 Å². The summed E-state index contributed by atoms with van der Waals surface area (Å²) >= 11 is 6.74. The van der Waals surface area contributed by atoms with Gasteiger partial charge < -0.3 is 15.2 Å². The van der Waals surface area contributed by atoms with Gasteiger partial charge in [0.15, 0.2) is 0 Å². The third kappa shape index (κ3) is 4.80. The lowest BCUT2D eigenvalue weighted by molar-refractivity contribution is -0.144. The van der Waals surface area contributed by atoms with Crippen LogP contribution in [0.25, 0.3) is 10.9 Å². The van der Waals surface area contributed by atoms with E-state index >= 15 is 0 Å². The van der Waals surface area contributed by atoms with Gasteiger partial charge in [0.2, 0.25) is 0 Å². The summed E-state index contributed by atoms with van der Waals surface area (Å²) in [5, 5.41) is 14.7. The van der Waals surface area contributed by atoms with E-state index in [1.165, 1.54) is 25.7 Å². The van der Waals surface area contributed by atoms with Gasteiger partial charge in [-0.1, -0.05) is 31.4 Å². The highest BCUT2D eigenvalue weighted by Crippen LogP contribution is 2.44. The largest absolute Gasteiger partial charge is 0.489 e. The quantitative estimate of drug-likeness (QED) is 0.479. The molecule has 2 bridgehead atoms. The second kappa shape index (κ2) is 9.69. The molecule has 1 heterocycles. The van der Waals surface area contributed by atoms with Gasteiger partial charge in [0.25, 0.3) is 0 Å². The second-order valence-corrected chi connectivity index (χ2v) is 10.8. The van der Waals surface area contributed by atoms with E-state index in [4.69, 9.17) is 21.3 Å². The number of carbonyl (C=O) groups is 1. The van der Waals surface area contributed by atoms with Crippen LogP contribution in [0.2, 0.25) is 5.02 Å². The Hall–Kier alpha value is -2.01. The van der Waals surface area contributed by atoms with E-state index in [9.17, 15) is 9.90 Å². The van der Waals surface area contributed by atoms with E-state index in [2.05, 4.69) is 12.2 Å². The molecular weight excluding hydrogens is 436 g/mol. The van der Waals surface area contributed by atoms with E-state index in [-0.39, 0.29) is 12.0 Å². The van der Waals surface area contributed by atoms with E-state index < -0.39 is 5.97 Å². The van der Waals surface area contributed by atoms with Crippen molar-refractivity contribution in [3.63, 3.8) is 0 Å². The van der Waals surface area contributed by atoms with Crippen LogP contribution in [0.5, 0.6) is 5.75 Å². The van der Waals surface area contributed by atoms with Gasteiger partial charge in [0.05, 0.1) is 22.6 Å². The number of carboxylic acid groups (broad SMARTS) is 1. The maximum Gasteiger partial charge on any atom is 0.306 e. The van der Waals surface area contributed by atoms with Crippen molar-refractivity contribution in [2.75, 3.05) is 5.32 Å². The fourth-order valence-corrected chi connectivity index (χ4v) is 6.77. The molecule has 5 nitrogen and oxygen atoms in total. The number of hydrogen-bond acceptors (Lipinski definition) is 4. The van der Waals surface area contributed by atoms with Crippen LogP contribution < -0.4 is 10.1 Å². The first-order valence-corrected chi connectivity index (χ1v) is 13.1. The first kappa shape index (κ1) is 22.8. The van der Waals surface area contributed by atoms with Crippen LogP contribution in [0.1, 0.15) is 71.1 Å². The molecule has 3 saturated carbocycles. The molecule has 3 aliphatic rings. The first-order valence-electron chi connectivity index (χ1n) is 12.8. The van der Waals surface area contributed by atoms with Crippen molar-refractivity contribution in [2.24, 2.45) is 23.7 Å².